The van der Waals surface area contributed by atoms with Crippen LogP contribution in [-0.2, 0) is 13.1 Å². The highest BCUT2D eigenvalue weighted by Gasteiger charge is 2.04. The number of ether oxygens (including phenoxy) is 1. The minimum Gasteiger partial charge on any atom is -0.497 e. The monoisotopic (exact) mass is 417 g/mol. The molecule has 2 rings (SSSR count). The average Bonchev–Trinajstić information content (AvgIpc) is 2.93. The molecule has 0 saturated heterocycles. The van der Waals surface area contributed by atoms with E-state index in [1.165, 1.54) is 0 Å². The Morgan fingerprint density at radius 1 is 1.23 bits per heavy atom. The van der Waals surface area contributed by atoms with Crippen molar-refractivity contribution in [3.05, 3.63) is 41.5 Å². The maximum Gasteiger partial charge on any atom is 0.223 e. The number of rotatable bonds is 5. The van der Waals surface area contributed by atoms with Gasteiger partial charge in [0.1, 0.15) is 5.75 Å². The van der Waals surface area contributed by atoms with Gasteiger partial charge in [-0.1, -0.05) is 17.3 Å². The van der Waals surface area contributed by atoms with E-state index in [9.17, 15) is 0 Å². The normalized spacial score (nSPS) is 10.8. The van der Waals surface area contributed by atoms with Crippen LogP contribution in [0.5, 0.6) is 5.75 Å². The van der Waals surface area contributed by atoms with Gasteiger partial charge in [0.2, 0.25) is 5.89 Å². The van der Waals surface area contributed by atoms with Gasteiger partial charge in [-0.3, -0.25) is 4.99 Å². The fraction of sp³-hybridized carbons (Fsp3) is 0.357. The SMILES string of the molecule is CN=C(NCc1ccc(OC)cc1)NCc1noc(C)n1.I. The number of benzene rings is 1. The van der Waals surface area contributed by atoms with Gasteiger partial charge in [-0.2, -0.15) is 4.98 Å². The van der Waals surface area contributed by atoms with Gasteiger partial charge in [-0.05, 0) is 17.7 Å². The van der Waals surface area contributed by atoms with Gasteiger partial charge in [0.05, 0.1) is 13.7 Å². The van der Waals surface area contributed by atoms with Crippen LogP contribution < -0.4 is 15.4 Å². The van der Waals surface area contributed by atoms with Crippen LogP contribution in [-0.4, -0.2) is 30.3 Å². The number of nitrogens with zero attached hydrogens (tertiary/aromatic N) is 3. The zero-order chi connectivity index (χ0) is 15.1. The molecule has 2 aromatic rings. The van der Waals surface area contributed by atoms with Crippen molar-refractivity contribution in [2.75, 3.05) is 14.2 Å². The van der Waals surface area contributed by atoms with E-state index in [0.29, 0.717) is 30.8 Å². The van der Waals surface area contributed by atoms with E-state index in [2.05, 4.69) is 25.8 Å². The van der Waals surface area contributed by atoms with Crippen molar-refractivity contribution in [2.24, 2.45) is 4.99 Å². The topological polar surface area (TPSA) is 84.6 Å². The molecule has 7 nitrogen and oxygen atoms in total. The quantitative estimate of drug-likeness (QED) is 0.439. The molecule has 22 heavy (non-hydrogen) atoms. The highest BCUT2D eigenvalue weighted by Crippen LogP contribution is 2.10. The van der Waals surface area contributed by atoms with Crippen molar-refractivity contribution in [3.63, 3.8) is 0 Å². The third kappa shape index (κ3) is 5.51. The number of aromatic nitrogens is 2. The first-order chi connectivity index (χ1) is 10.2. The Balaban J connectivity index is 0.00000242. The van der Waals surface area contributed by atoms with Crippen LogP contribution in [0.1, 0.15) is 17.3 Å². The van der Waals surface area contributed by atoms with E-state index in [1.807, 2.05) is 24.3 Å². The number of nitrogens with one attached hydrogen (secondary N) is 2. The second kappa shape index (κ2) is 9.23. The highest BCUT2D eigenvalue weighted by atomic mass is 127. The second-order valence-corrected chi connectivity index (χ2v) is 4.36. The zero-order valence-electron chi connectivity index (χ0n) is 12.8. The number of aliphatic imine (C=N–C) groups is 1. The number of aryl methyl sites for hydroxylation is 1. The van der Waals surface area contributed by atoms with Crippen LogP contribution in [0.25, 0.3) is 0 Å². The molecule has 0 fully saturated rings. The van der Waals surface area contributed by atoms with E-state index in [0.717, 1.165) is 11.3 Å². The van der Waals surface area contributed by atoms with Crippen LogP contribution in [0.3, 0.4) is 0 Å². The summed E-state index contributed by atoms with van der Waals surface area (Å²) in [5, 5.41) is 10.1. The second-order valence-electron chi connectivity index (χ2n) is 4.36. The number of halogens is 1. The summed E-state index contributed by atoms with van der Waals surface area (Å²) >= 11 is 0. The Labute approximate surface area is 146 Å². The standard InChI is InChI=1S/C14H19N5O2.HI/c1-10-18-13(19-21-10)9-17-14(15-2)16-8-11-4-6-12(20-3)7-5-11;/h4-7H,8-9H2,1-3H3,(H2,15,16,17);1H. The predicted molar refractivity (Wildman–Crippen MR) is 94.5 cm³/mol. The van der Waals surface area contributed by atoms with Crippen molar-refractivity contribution < 1.29 is 9.26 Å². The molecule has 0 aliphatic heterocycles. The fourth-order valence-electron chi connectivity index (χ4n) is 1.73. The molecular formula is C14H20IN5O2. The molecule has 120 valence electrons. The van der Waals surface area contributed by atoms with E-state index in [4.69, 9.17) is 9.26 Å². The number of methoxy groups -OCH3 is 1. The molecule has 1 aromatic carbocycles. The first-order valence-electron chi connectivity index (χ1n) is 6.58. The molecule has 1 heterocycles. The summed E-state index contributed by atoms with van der Waals surface area (Å²) in [6.07, 6.45) is 0. The van der Waals surface area contributed by atoms with E-state index in [1.54, 1.807) is 21.1 Å². The summed E-state index contributed by atoms with van der Waals surface area (Å²) in [6.45, 7) is 2.88. The maximum atomic E-state index is 5.13. The van der Waals surface area contributed by atoms with Gasteiger partial charge in [0.15, 0.2) is 11.8 Å². The van der Waals surface area contributed by atoms with Crippen molar-refractivity contribution in [3.8, 4) is 5.75 Å². The molecule has 0 amide bonds. The van der Waals surface area contributed by atoms with Gasteiger partial charge in [0, 0.05) is 20.5 Å². The molecular weight excluding hydrogens is 397 g/mol. The molecule has 0 bridgehead atoms. The lowest BCUT2D eigenvalue weighted by Gasteiger charge is -2.10. The molecule has 0 radical (unpaired) electrons. The van der Waals surface area contributed by atoms with Gasteiger partial charge >= 0.3 is 0 Å². The molecule has 1 aromatic heterocycles. The molecule has 2 N–H and O–H groups in total. The molecule has 0 aliphatic rings. The van der Waals surface area contributed by atoms with Crippen molar-refractivity contribution in [1.82, 2.24) is 20.8 Å². The maximum absolute atomic E-state index is 5.13. The van der Waals surface area contributed by atoms with Gasteiger partial charge in [0.25, 0.3) is 0 Å². The van der Waals surface area contributed by atoms with Crippen molar-refractivity contribution in [1.29, 1.82) is 0 Å². The summed E-state index contributed by atoms with van der Waals surface area (Å²) in [6, 6.07) is 7.86. The summed E-state index contributed by atoms with van der Waals surface area (Å²) in [5.41, 5.74) is 1.13. The van der Waals surface area contributed by atoms with Crippen LogP contribution in [0.2, 0.25) is 0 Å². The Morgan fingerprint density at radius 2 is 1.91 bits per heavy atom. The summed E-state index contributed by atoms with van der Waals surface area (Å²) < 4.78 is 10.0. The van der Waals surface area contributed by atoms with Crippen molar-refractivity contribution >= 4 is 29.9 Å². The Morgan fingerprint density at radius 3 is 2.45 bits per heavy atom. The summed E-state index contributed by atoms with van der Waals surface area (Å²) in [7, 11) is 3.36. The molecule has 8 heteroatoms. The lowest BCUT2D eigenvalue weighted by atomic mass is 10.2. The van der Waals surface area contributed by atoms with Crippen LogP contribution >= 0.6 is 24.0 Å². The Bertz CT molecular complexity index is 598. The first-order valence-corrected chi connectivity index (χ1v) is 6.58. The minimum absolute atomic E-state index is 0. The average molecular weight is 417 g/mol. The van der Waals surface area contributed by atoms with Crippen LogP contribution in [0.15, 0.2) is 33.8 Å². The summed E-state index contributed by atoms with van der Waals surface area (Å²) in [5.74, 6) is 2.66. The minimum atomic E-state index is 0. The molecule has 0 atom stereocenters. The van der Waals surface area contributed by atoms with E-state index >= 15 is 0 Å². The number of hydrogen-bond donors (Lipinski definition) is 2. The number of hydrogen-bond acceptors (Lipinski definition) is 5. The molecule has 0 unspecified atom stereocenters. The Hall–Kier alpha value is -1.84. The van der Waals surface area contributed by atoms with E-state index < -0.39 is 0 Å². The predicted octanol–water partition coefficient (Wildman–Crippen LogP) is 1.87. The van der Waals surface area contributed by atoms with Crippen LogP contribution in [0.4, 0.5) is 0 Å². The largest absolute Gasteiger partial charge is 0.497 e. The van der Waals surface area contributed by atoms with Crippen LogP contribution in [0, 0.1) is 6.92 Å². The van der Waals surface area contributed by atoms with Gasteiger partial charge in [-0.25, -0.2) is 0 Å². The molecule has 0 saturated carbocycles. The summed E-state index contributed by atoms with van der Waals surface area (Å²) in [4.78, 5) is 8.26. The lowest BCUT2D eigenvalue weighted by molar-refractivity contribution is 0.387. The smallest absolute Gasteiger partial charge is 0.223 e. The third-order valence-electron chi connectivity index (χ3n) is 2.83. The molecule has 0 aliphatic carbocycles. The Kier molecular flexibility index (Phi) is 7.64. The van der Waals surface area contributed by atoms with Gasteiger partial charge < -0.3 is 19.9 Å². The van der Waals surface area contributed by atoms with Gasteiger partial charge in [-0.15, -0.1) is 24.0 Å². The fourth-order valence-corrected chi connectivity index (χ4v) is 1.73. The van der Waals surface area contributed by atoms with E-state index in [-0.39, 0.29) is 24.0 Å². The lowest BCUT2D eigenvalue weighted by Crippen LogP contribution is -2.36. The number of guanidine groups is 1. The first kappa shape index (κ1) is 18.2. The highest BCUT2D eigenvalue weighted by molar-refractivity contribution is 14.0. The van der Waals surface area contributed by atoms with Crippen molar-refractivity contribution in [2.45, 2.75) is 20.0 Å². The third-order valence-corrected chi connectivity index (χ3v) is 2.83. The molecule has 0 spiro atoms. The zero-order valence-corrected chi connectivity index (χ0v) is 15.1.